The van der Waals surface area contributed by atoms with Crippen molar-refractivity contribution in [3.05, 3.63) is 35.0 Å². The van der Waals surface area contributed by atoms with Gasteiger partial charge >= 0.3 is 5.97 Å². The zero-order chi connectivity index (χ0) is 14.2. The van der Waals surface area contributed by atoms with Crippen molar-refractivity contribution in [2.75, 3.05) is 12.9 Å². The van der Waals surface area contributed by atoms with Crippen LogP contribution in [0.2, 0.25) is 0 Å². The largest absolute Gasteiger partial charge is 0.462 e. The lowest BCUT2D eigenvalue weighted by Gasteiger charge is -2.20. The normalized spacial score (nSPS) is 21.7. The van der Waals surface area contributed by atoms with Gasteiger partial charge in [0.25, 0.3) is 0 Å². The summed E-state index contributed by atoms with van der Waals surface area (Å²) < 4.78 is 21.8. The number of ether oxygens (including phenoxy) is 1. The van der Waals surface area contributed by atoms with Crippen LogP contribution < -0.4 is 0 Å². The first kappa shape index (κ1) is 13.8. The minimum atomic E-state index is -2.48. The maximum atomic E-state index is 12.5. The Morgan fingerprint density at radius 3 is 2.68 bits per heavy atom. The zero-order valence-electron chi connectivity index (χ0n) is 11.5. The van der Waals surface area contributed by atoms with Crippen LogP contribution in [0.25, 0.3) is 5.57 Å². The van der Waals surface area contributed by atoms with Crippen LogP contribution >= 0.6 is 0 Å². The topological polar surface area (TPSA) is 55.7 Å². The summed E-state index contributed by atoms with van der Waals surface area (Å²) in [5.41, 5.74) is 2.58. The Morgan fingerprint density at radius 2 is 2.05 bits per heavy atom. The predicted octanol–water partition coefficient (Wildman–Crippen LogP) is 2.76. The monoisotopic (exact) mass is 279 g/mol. The number of rotatable bonds is 2. The Kier molecular flexibility index (Phi) is 3.49. The molecule has 0 saturated heterocycles. The van der Waals surface area contributed by atoms with Crippen LogP contribution in [0.3, 0.4) is 0 Å². The van der Waals surface area contributed by atoms with Crippen molar-refractivity contribution in [1.82, 2.24) is 0 Å². The number of esters is 1. The fourth-order valence-corrected chi connectivity index (χ4v) is 3.78. The molecule has 0 spiro atoms. The van der Waals surface area contributed by atoms with Gasteiger partial charge in [-0.2, -0.15) is 4.36 Å². The number of aryl methyl sites for hydroxylation is 1. The molecule has 1 aliphatic heterocycles. The summed E-state index contributed by atoms with van der Waals surface area (Å²) in [7, 11) is -2.48. The van der Waals surface area contributed by atoms with Crippen molar-refractivity contribution < 1.29 is 13.7 Å². The van der Waals surface area contributed by atoms with Gasteiger partial charge in [0.15, 0.2) is 0 Å². The average molecular weight is 279 g/mol. The number of allylic oxidation sites excluding steroid dienone is 1. The minimum absolute atomic E-state index is 0.304. The SMILES string of the molecule is CCOC(=O)C1=C(C)N=S(C)(=O)c2ccc(C)cc21. The highest BCUT2D eigenvalue weighted by molar-refractivity contribution is 7.93. The molecule has 1 aliphatic rings. The summed E-state index contributed by atoms with van der Waals surface area (Å²) in [6.07, 6.45) is 1.59. The van der Waals surface area contributed by atoms with Crippen LogP contribution in [0.15, 0.2) is 33.2 Å². The summed E-state index contributed by atoms with van der Waals surface area (Å²) in [5.74, 6) is -0.412. The van der Waals surface area contributed by atoms with Gasteiger partial charge in [-0.1, -0.05) is 11.6 Å². The van der Waals surface area contributed by atoms with E-state index in [1.165, 1.54) is 0 Å². The molecular weight excluding hydrogens is 262 g/mol. The van der Waals surface area contributed by atoms with Crippen LogP contribution in [0.4, 0.5) is 0 Å². The summed E-state index contributed by atoms with van der Waals surface area (Å²) in [6, 6.07) is 5.52. The van der Waals surface area contributed by atoms with Gasteiger partial charge < -0.3 is 4.74 Å². The van der Waals surface area contributed by atoms with Crippen molar-refractivity contribution in [1.29, 1.82) is 0 Å². The molecule has 0 N–H and O–H groups in total. The lowest BCUT2D eigenvalue weighted by atomic mass is 10.0. The van der Waals surface area contributed by atoms with Crippen LogP contribution in [0, 0.1) is 6.92 Å². The molecule has 4 nitrogen and oxygen atoms in total. The molecule has 19 heavy (non-hydrogen) atoms. The number of benzene rings is 1. The lowest BCUT2D eigenvalue weighted by molar-refractivity contribution is -0.136. The smallest absolute Gasteiger partial charge is 0.340 e. The van der Waals surface area contributed by atoms with E-state index in [2.05, 4.69) is 4.36 Å². The van der Waals surface area contributed by atoms with E-state index < -0.39 is 15.7 Å². The van der Waals surface area contributed by atoms with E-state index in [1.54, 1.807) is 26.2 Å². The van der Waals surface area contributed by atoms with Crippen molar-refractivity contribution >= 4 is 21.3 Å². The van der Waals surface area contributed by atoms with Crippen molar-refractivity contribution in [2.24, 2.45) is 4.36 Å². The van der Waals surface area contributed by atoms with Gasteiger partial charge in [-0.15, -0.1) is 0 Å². The van der Waals surface area contributed by atoms with Crippen molar-refractivity contribution in [2.45, 2.75) is 25.7 Å². The van der Waals surface area contributed by atoms with Gasteiger partial charge in [-0.05, 0) is 32.9 Å². The van der Waals surface area contributed by atoms with E-state index in [0.29, 0.717) is 28.3 Å². The fourth-order valence-electron chi connectivity index (χ4n) is 2.18. The average Bonchev–Trinajstić information content (AvgIpc) is 2.27. The van der Waals surface area contributed by atoms with E-state index in [-0.39, 0.29) is 0 Å². The predicted molar refractivity (Wildman–Crippen MR) is 75.2 cm³/mol. The van der Waals surface area contributed by atoms with Crippen molar-refractivity contribution in [3.8, 4) is 0 Å². The highest BCUT2D eigenvalue weighted by Crippen LogP contribution is 2.34. The molecule has 1 atom stereocenters. The highest BCUT2D eigenvalue weighted by atomic mass is 32.2. The van der Waals surface area contributed by atoms with Crippen LogP contribution in [-0.2, 0) is 19.3 Å². The van der Waals surface area contributed by atoms with Crippen LogP contribution in [0.1, 0.15) is 25.0 Å². The van der Waals surface area contributed by atoms with Crippen molar-refractivity contribution in [3.63, 3.8) is 0 Å². The number of nitrogens with zero attached hydrogens (tertiary/aromatic N) is 1. The van der Waals surface area contributed by atoms with E-state index in [9.17, 15) is 9.00 Å². The standard InChI is InChI=1S/C14H17NO3S/c1-5-18-14(16)13-10(3)15-19(4,17)12-7-6-9(2)8-11(12)13/h6-8H,5H2,1-4H3. The third kappa shape index (κ3) is 2.42. The molecule has 1 heterocycles. The lowest BCUT2D eigenvalue weighted by Crippen LogP contribution is -2.15. The number of carbonyl (C=O) groups is 1. The highest BCUT2D eigenvalue weighted by Gasteiger charge is 2.27. The minimum Gasteiger partial charge on any atom is -0.462 e. The van der Waals surface area contributed by atoms with Gasteiger partial charge in [-0.25, -0.2) is 9.00 Å². The number of fused-ring (bicyclic) bond motifs is 1. The molecule has 102 valence electrons. The first-order valence-electron chi connectivity index (χ1n) is 6.08. The van der Waals surface area contributed by atoms with E-state index in [4.69, 9.17) is 4.74 Å². The summed E-state index contributed by atoms with van der Waals surface area (Å²) in [6.45, 7) is 5.69. The maximum Gasteiger partial charge on any atom is 0.340 e. The molecule has 0 saturated carbocycles. The third-order valence-electron chi connectivity index (χ3n) is 2.96. The second-order valence-corrected chi connectivity index (χ2v) is 6.80. The molecule has 0 aromatic heterocycles. The first-order chi connectivity index (χ1) is 8.86. The third-order valence-corrected chi connectivity index (χ3v) is 4.76. The Balaban J connectivity index is 2.75. The van der Waals surface area contributed by atoms with E-state index in [0.717, 1.165) is 5.56 Å². The maximum absolute atomic E-state index is 12.5. The number of hydrogen-bond acceptors (Lipinski definition) is 4. The van der Waals surface area contributed by atoms with Crippen LogP contribution in [0.5, 0.6) is 0 Å². The first-order valence-corrected chi connectivity index (χ1v) is 8.00. The Hall–Kier alpha value is -1.62. The molecule has 0 amide bonds. The molecule has 5 heteroatoms. The van der Waals surface area contributed by atoms with Gasteiger partial charge in [-0.3, -0.25) is 0 Å². The van der Waals surface area contributed by atoms with Gasteiger partial charge in [0.05, 0.1) is 32.5 Å². The van der Waals surface area contributed by atoms with E-state index >= 15 is 0 Å². The molecule has 1 aromatic rings. The molecular formula is C14H17NO3S. The molecule has 0 fully saturated rings. The molecule has 1 unspecified atom stereocenters. The van der Waals surface area contributed by atoms with Gasteiger partial charge in [0.1, 0.15) is 0 Å². The van der Waals surface area contributed by atoms with Gasteiger partial charge in [0.2, 0.25) is 0 Å². The second-order valence-electron chi connectivity index (χ2n) is 4.57. The molecule has 0 radical (unpaired) electrons. The Labute approximate surface area is 113 Å². The Morgan fingerprint density at radius 1 is 1.37 bits per heavy atom. The summed E-state index contributed by atoms with van der Waals surface area (Å²) >= 11 is 0. The zero-order valence-corrected chi connectivity index (χ0v) is 12.3. The number of hydrogen-bond donors (Lipinski definition) is 0. The molecule has 0 aliphatic carbocycles. The summed E-state index contributed by atoms with van der Waals surface area (Å²) in [5, 5.41) is 0. The second kappa shape index (κ2) is 4.81. The molecule has 2 rings (SSSR count). The fraction of sp³-hybridized carbons (Fsp3) is 0.357. The summed E-state index contributed by atoms with van der Waals surface area (Å²) in [4.78, 5) is 12.7. The van der Waals surface area contributed by atoms with Crippen LogP contribution in [-0.4, -0.2) is 23.0 Å². The molecule has 0 bridgehead atoms. The number of carbonyl (C=O) groups excluding carboxylic acids is 1. The Bertz CT molecular complexity index is 695. The quantitative estimate of drug-likeness (QED) is 0.782. The van der Waals surface area contributed by atoms with Gasteiger partial charge in [0, 0.05) is 11.8 Å². The van der Waals surface area contributed by atoms with E-state index in [1.807, 2.05) is 19.1 Å². The molecule has 1 aromatic carbocycles.